The number of ether oxygens (including phenoxy) is 2. The van der Waals surface area contributed by atoms with Crippen LogP contribution in [-0.4, -0.2) is 37.8 Å². The van der Waals surface area contributed by atoms with E-state index in [2.05, 4.69) is 10.3 Å². The number of nitrogens with one attached hydrogen (secondary N) is 1. The fraction of sp³-hybridized carbons (Fsp3) is 0.400. The highest BCUT2D eigenvalue weighted by Gasteiger charge is 2.02. The summed E-state index contributed by atoms with van der Waals surface area (Å²) in [4.78, 5) is 15.2. The first-order valence-electron chi connectivity index (χ1n) is 4.70. The molecule has 0 aliphatic rings. The van der Waals surface area contributed by atoms with Crippen molar-refractivity contribution in [2.45, 2.75) is 0 Å². The Balaban J connectivity index is 2.26. The number of carbonyl (C=O) groups excluding carboxylic acids is 1. The predicted molar refractivity (Wildman–Crippen MR) is 60.6 cm³/mol. The van der Waals surface area contributed by atoms with Crippen molar-refractivity contribution in [3.8, 4) is 0 Å². The quantitative estimate of drug-likeness (QED) is 0.767. The third-order valence-corrected chi connectivity index (χ3v) is 1.88. The summed E-state index contributed by atoms with van der Waals surface area (Å²) in [5.41, 5.74) is 0. The lowest BCUT2D eigenvalue weighted by Gasteiger charge is -2.05. The van der Waals surface area contributed by atoms with Gasteiger partial charge in [-0.05, 0) is 12.1 Å². The molecule has 88 valence electrons. The number of pyridine rings is 1. The summed E-state index contributed by atoms with van der Waals surface area (Å²) in [6.45, 7) is 0.831. The van der Waals surface area contributed by atoms with Crippen LogP contribution in [0.25, 0.3) is 0 Å². The number of rotatable bonds is 6. The minimum atomic E-state index is -0.258. The van der Waals surface area contributed by atoms with Gasteiger partial charge < -0.3 is 14.8 Å². The van der Waals surface area contributed by atoms with Crippen LogP contribution in [0, 0.1) is 0 Å². The van der Waals surface area contributed by atoms with Crippen LogP contribution in [0.1, 0.15) is 0 Å². The minimum absolute atomic E-state index is 0.0202. The maximum absolute atomic E-state index is 11.3. The summed E-state index contributed by atoms with van der Waals surface area (Å²) in [5.74, 6) is 0.190. The molecule has 16 heavy (non-hydrogen) atoms. The van der Waals surface area contributed by atoms with E-state index in [0.29, 0.717) is 24.1 Å². The Labute approximate surface area is 98.7 Å². The van der Waals surface area contributed by atoms with Gasteiger partial charge in [-0.15, -0.1) is 0 Å². The molecule has 1 heterocycles. The second kappa shape index (κ2) is 7.16. The summed E-state index contributed by atoms with van der Waals surface area (Å²) < 4.78 is 9.81. The highest BCUT2D eigenvalue weighted by Crippen LogP contribution is 2.09. The molecule has 1 N–H and O–H groups in total. The molecule has 0 bridgehead atoms. The lowest BCUT2D eigenvalue weighted by Crippen LogP contribution is -2.20. The summed E-state index contributed by atoms with van der Waals surface area (Å²) in [5, 5.41) is 3.09. The molecular weight excluding hydrogens is 232 g/mol. The lowest BCUT2D eigenvalue weighted by atomic mass is 10.4. The number of nitrogens with zero attached hydrogens (tertiary/aromatic N) is 1. The van der Waals surface area contributed by atoms with Crippen LogP contribution in [0.2, 0.25) is 5.02 Å². The van der Waals surface area contributed by atoms with Crippen molar-refractivity contribution in [1.29, 1.82) is 0 Å². The molecule has 0 aliphatic carbocycles. The van der Waals surface area contributed by atoms with Crippen LogP contribution in [0.3, 0.4) is 0 Å². The molecule has 1 amide bonds. The average molecular weight is 245 g/mol. The van der Waals surface area contributed by atoms with E-state index < -0.39 is 0 Å². The molecule has 1 aromatic heterocycles. The molecule has 0 saturated heterocycles. The van der Waals surface area contributed by atoms with E-state index in [0.717, 1.165) is 0 Å². The van der Waals surface area contributed by atoms with Crippen molar-refractivity contribution in [2.75, 3.05) is 32.2 Å². The molecule has 0 aromatic carbocycles. The third-order valence-electron chi connectivity index (χ3n) is 1.66. The molecule has 5 nitrogen and oxygen atoms in total. The van der Waals surface area contributed by atoms with Crippen molar-refractivity contribution >= 4 is 23.3 Å². The first kappa shape index (κ1) is 12.9. The smallest absolute Gasteiger partial charge is 0.251 e. The van der Waals surface area contributed by atoms with Crippen LogP contribution < -0.4 is 5.32 Å². The Morgan fingerprint density at radius 1 is 1.50 bits per heavy atom. The number of aromatic nitrogens is 1. The maximum atomic E-state index is 11.3. The fourth-order valence-electron chi connectivity index (χ4n) is 0.936. The zero-order valence-electron chi connectivity index (χ0n) is 8.90. The van der Waals surface area contributed by atoms with Gasteiger partial charge in [0.15, 0.2) is 0 Å². The number of hydrogen-bond donors (Lipinski definition) is 1. The second-order valence-corrected chi connectivity index (χ2v) is 3.39. The summed E-state index contributed by atoms with van der Waals surface area (Å²) in [7, 11) is 1.57. The van der Waals surface area contributed by atoms with E-state index in [1.54, 1.807) is 19.2 Å². The van der Waals surface area contributed by atoms with Crippen molar-refractivity contribution < 1.29 is 14.3 Å². The summed E-state index contributed by atoms with van der Waals surface area (Å²) in [6, 6.07) is 3.27. The van der Waals surface area contributed by atoms with Gasteiger partial charge in [0.05, 0.1) is 18.2 Å². The highest BCUT2D eigenvalue weighted by atomic mass is 35.5. The Kier molecular flexibility index (Phi) is 5.77. The first-order chi connectivity index (χ1) is 7.72. The van der Waals surface area contributed by atoms with E-state index in [9.17, 15) is 4.79 Å². The lowest BCUT2D eigenvalue weighted by molar-refractivity contribution is -0.121. The third kappa shape index (κ3) is 5.06. The molecule has 1 rings (SSSR count). The van der Waals surface area contributed by atoms with Gasteiger partial charge in [0.25, 0.3) is 5.91 Å². The Hall–Kier alpha value is -1.17. The molecule has 0 spiro atoms. The summed E-state index contributed by atoms with van der Waals surface area (Å²) in [6.07, 6.45) is 1.46. The van der Waals surface area contributed by atoms with Crippen LogP contribution in [-0.2, 0) is 14.3 Å². The van der Waals surface area contributed by atoms with Crippen LogP contribution in [0.15, 0.2) is 18.3 Å². The van der Waals surface area contributed by atoms with Gasteiger partial charge in [-0.25, -0.2) is 4.98 Å². The number of halogens is 1. The van der Waals surface area contributed by atoms with E-state index in [1.807, 2.05) is 0 Å². The molecule has 1 aromatic rings. The standard InChI is InChI=1S/C10H13ClN2O3/c1-15-4-5-16-7-10(14)13-9-3-2-8(11)6-12-9/h2-3,6H,4-5,7H2,1H3,(H,12,13,14). The summed E-state index contributed by atoms with van der Waals surface area (Å²) >= 11 is 5.65. The Morgan fingerprint density at radius 3 is 2.94 bits per heavy atom. The van der Waals surface area contributed by atoms with Gasteiger partial charge in [-0.2, -0.15) is 0 Å². The number of anilines is 1. The molecule has 0 unspecified atom stereocenters. The number of hydrogen-bond acceptors (Lipinski definition) is 4. The van der Waals surface area contributed by atoms with E-state index in [-0.39, 0.29) is 12.5 Å². The molecule has 0 atom stereocenters. The molecule has 0 aliphatic heterocycles. The number of amides is 1. The number of methoxy groups -OCH3 is 1. The first-order valence-corrected chi connectivity index (χ1v) is 5.08. The molecular formula is C10H13ClN2O3. The topological polar surface area (TPSA) is 60.5 Å². The molecule has 0 fully saturated rings. The van der Waals surface area contributed by atoms with Crippen LogP contribution in [0.4, 0.5) is 5.82 Å². The fourth-order valence-corrected chi connectivity index (χ4v) is 1.05. The SMILES string of the molecule is COCCOCC(=O)Nc1ccc(Cl)cn1. The van der Waals surface area contributed by atoms with Crippen LogP contribution >= 0.6 is 11.6 Å². The highest BCUT2D eigenvalue weighted by molar-refractivity contribution is 6.30. The largest absolute Gasteiger partial charge is 0.382 e. The van der Waals surface area contributed by atoms with Crippen molar-refractivity contribution in [1.82, 2.24) is 4.98 Å². The normalized spacial score (nSPS) is 10.1. The molecule has 6 heteroatoms. The van der Waals surface area contributed by atoms with Gasteiger partial charge in [-0.1, -0.05) is 11.6 Å². The zero-order valence-corrected chi connectivity index (χ0v) is 9.66. The van der Waals surface area contributed by atoms with E-state index in [4.69, 9.17) is 21.1 Å². The minimum Gasteiger partial charge on any atom is -0.382 e. The molecule has 0 saturated carbocycles. The van der Waals surface area contributed by atoms with E-state index in [1.165, 1.54) is 6.20 Å². The maximum Gasteiger partial charge on any atom is 0.251 e. The van der Waals surface area contributed by atoms with Gasteiger partial charge in [-0.3, -0.25) is 4.79 Å². The van der Waals surface area contributed by atoms with Crippen molar-refractivity contribution in [3.05, 3.63) is 23.4 Å². The Morgan fingerprint density at radius 2 is 2.31 bits per heavy atom. The predicted octanol–water partition coefficient (Wildman–Crippen LogP) is 1.34. The van der Waals surface area contributed by atoms with E-state index >= 15 is 0 Å². The second-order valence-electron chi connectivity index (χ2n) is 2.96. The average Bonchev–Trinajstić information content (AvgIpc) is 2.28. The van der Waals surface area contributed by atoms with Gasteiger partial charge in [0.1, 0.15) is 12.4 Å². The van der Waals surface area contributed by atoms with Gasteiger partial charge in [0, 0.05) is 13.3 Å². The monoisotopic (exact) mass is 244 g/mol. The molecule has 0 radical (unpaired) electrons. The number of carbonyl (C=O) groups is 1. The van der Waals surface area contributed by atoms with Crippen molar-refractivity contribution in [2.24, 2.45) is 0 Å². The zero-order chi connectivity index (χ0) is 11.8. The van der Waals surface area contributed by atoms with Gasteiger partial charge in [0.2, 0.25) is 0 Å². The van der Waals surface area contributed by atoms with Crippen molar-refractivity contribution in [3.63, 3.8) is 0 Å². The Bertz CT molecular complexity index is 329. The van der Waals surface area contributed by atoms with Gasteiger partial charge >= 0.3 is 0 Å². The van der Waals surface area contributed by atoms with Crippen LogP contribution in [0.5, 0.6) is 0 Å².